The van der Waals surface area contributed by atoms with Crippen LogP contribution in [-0.4, -0.2) is 26.5 Å². The monoisotopic (exact) mass is 428 g/mol. The summed E-state index contributed by atoms with van der Waals surface area (Å²) in [7, 11) is 0. The third-order valence-electron chi connectivity index (χ3n) is 4.41. The van der Waals surface area contributed by atoms with E-state index in [1.165, 1.54) is 12.1 Å². The molecule has 4 rings (SSSR count). The minimum absolute atomic E-state index is 0.103. The number of aliphatic hydroxyl groups is 1. The third-order valence-corrected chi connectivity index (χ3v) is 4.91. The molecular formula is C20H18BrFN4O. The normalized spacial score (nSPS) is 15.8. The average Bonchev–Trinajstić information content (AvgIpc) is 3.09. The predicted molar refractivity (Wildman–Crippen MR) is 106 cm³/mol. The molecule has 0 radical (unpaired) electrons. The first kappa shape index (κ1) is 17.9. The second-order valence-electron chi connectivity index (χ2n) is 6.34. The number of aromatic nitrogens is 3. The fraction of sp³-hybridized carbons (Fsp3) is 0.200. The maximum Gasteiger partial charge on any atom is 0.226 e. The summed E-state index contributed by atoms with van der Waals surface area (Å²) in [6, 6.07) is 14.3. The topological polar surface area (TPSA) is 63.0 Å². The number of anilines is 1. The Morgan fingerprint density at radius 2 is 2.00 bits per heavy atom. The molecule has 1 unspecified atom stereocenters. The molecule has 3 aromatic rings. The van der Waals surface area contributed by atoms with Crippen LogP contribution in [0.3, 0.4) is 0 Å². The van der Waals surface area contributed by atoms with E-state index in [2.05, 4.69) is 37.4 Å². The molecule has 0 bridgehead atoms. The van der Waals surface area contributed by atoms with Crippen LogP contribution in [0.4, 0.5) is 10.3 Å². The number of aryl methyl sites for hydroxylation is 1. The van der Waals surface area contributed by atoms with Gasteiger partial charge in [-0.3, -0.25) is 0 Å². The minimum atomic E-state index is -0.270. The van der Waals surface area contributed by atoms with Crippen LogP contribution in [-0.2, 0) is 6.42 Å². The highest BCUT2D eigenvalue weighted by Crippen LogP contribution is 2.33. The van der Waals surface area contributed by atoms with Crippen LogP contribution in [0.1, 0.15) is 29.4 Å². The van der Waals surface area contributed by atoms with Crippen LogP contribution in [0.5, 0.6) is 0 Å². The third kappa shape index (κ3) is 3.79. The van der Waals surface area contributed by atoms with Crippen molar-refractivity contribution in [1.82, 2.24) is 14.8 Å². The molecule has 1 aliphatic heterocycles. The molecule has 0 fully saturated rings. The summed E-state index contributed by atoms with van der Waals surface area (Å²) in [6.45, 7) is 0.103. The van der Waals surface area contributed by atoms with Crippen LogP contribution >= 0.6 is 15.9 Å². The minimum Gasteiger partial charge on any atom is -0.396 e. The number of aliphatic hydroxyl groups excluding tert-OH is 1. The highest BCUT2D eigenvalue weighted by atomic mass is 79.9. The Kier molecular flexibility index (Phi) is 5.05. The van der Waals surface area contributed by atoms with Crippen molar-refractivity contribution in [2.24, 2.45) is 0 Å². The molecular weight excluding hydrogens is 411 g/mol. The van der Waals surface area contributed by atoms with Crippen LogP contribution in [0.25, 0.3) is 5.70 Å². The van der Waals surface area contributed by atoms with Gasteiger partial charge in [-0.2, -0.15) is 10.1 Å². The van der Waals surface area contributed by atoms with Crippen LogP contribution in [0, 0.1) is 5.82 Å². The van der Waals surface area contributed by atoms with E-state index in [1.807, 2.05) is 28.9 Å². The highest BCUT2D eigenvalue weighted by Gasteiger charge is 2.25. The predicted octanol–water partition coefficient (Wildman–Crippen LogP) is 4.16. The number of allylic oxidation sites excluding steroid dienone is 1. The van der Waals surface area contributed by atoms with Gasteiger partial charge in [-0.25, -0.2) is 9.07 Å². The molecule has 2 aromatic carbocycles. The quantitative estimate of drug-likeness (QED) is 0.640. The molecule has 1 atom stereocenters. The maximum atomic E-state index is 13.3. The summed E-state index contributed by atoms with van der Waals surface area (Å²) in [6.07, 6.45) is 3.28. The molecule has 0 spiro atoms. The molecule has 5 nitrogen and oxygen atoms in total. The first-order valence-electron chi connectivity index (χ1n) is 8.70. The van der Waals surface area contributed by atoms with E-state index in [4.69, 9.17) is 5.11 Å². The summed E-state index contributed by atoms with van der Waals surface area (Å²) in [4.78, 5) is 4.58. The van der Waals surface area contributed by atoms with E-state index in [1.54, 1.807) is 12.1 Å². The zero-order chi connectivity index (χ0) is 18.8. The van der Waals surface area contributed by atoms with Gasteiger partial charge in [-0.1, -0.05) is 28.1 Å². The molecule has 2 N–H and O–H groups in total. The molecule has 0 saturated carbocycles. The standard InChI is InChI=1S/C20H18BrFN4O/c21-15-4-1-3-14(11-15)18-12-17(13-6-8-16(22)9-7-13)23-20-24-19(5-2-10-27)25-26(18)20/h1,3-4,6-9,11-12,18,27H,2,5,10H2,(H,23,24,25). The van der Waals surface area contributed by atoms with Crippen molar-refractivity contribution in [3.05, 3.63) is 81.8 Å². The smallest absolute Gasteiger partial charge is 0.226 e. The number of benzene rings is 2. The van der Waals surface area contributed by atoms with Crippen molar-refractivity contribution >= 4 is 27.6 Å². The average molecular weight is 429 g/mol. The molecule has 0 aliphatic carbocycles. The Balaban J connectivity index is 1.77. The number of nitrogens with zero attached hydrogens (tertiary/aromatic N) is 3. The second kappa shape index (κ2) is 7.62. The van der Waals surface area contributed by atoms with Crippen LogP contribution in [0.2, 0.25) is 0 Å². The zero-order valence-electron chi connectivity index (χ0n) is 14.4. The lowest BCUT2D eigenvalue weighted by atomic mass is 10.0. The summed E-state index contributed by atoms with van der Waals surface area (Å²) < 4.78 is 16.1. The van der Waals surface area contributed by atoms with Crippen LogP contribution in [0.15, 0.2) is 59.1 Å². The van der Waals surface area contributed by atoms with E-state index < -0.39 is 0 Å². The van der Waals surface area contributed by atoms with Gasteiger partial charge in [-0.05, 0) is 60.0 Å². The fourth-order valence-electron chi connectivity index (χ4n) is 3.11. The molecule has 27 heavy (non-hydrogen) atoms. The maximum absolute atomic E-state index is 13.3. The number of halogens is 2. The zero-order valence-corrected chi connectivity index (χ0v) is 16.0. The molecule has 138 valence electrons. The Morgan fingerprint density at radius 3 is 2.74 bits per heavy atom. The largest absolute Gasteiger partial charge is 0.396 e. The molecule has 2 heterocycles. The molecule has 7 heteroatoms. The molecule has 0 amide bonds. The first-order chi connectivity index (χ1) is 13.1. The number of rotatable bonds is 5. The summed E-state index contributed by atoms with van der Waals surface area (Å²) >= 11 is 3.53. The van der Waals surface area contributed by atoms with E-state index >= 15 is 0 Å². The number of nitrogens with one attached hydrogen (secondary N) is 1. The van der Waals surface area contributed by atoms with Gasteiger partial charge in [0.2, 0.25) is 5.95 Å². The summed E-state index contributed by atoms with van der Waals surface area (Å²) in [5.74, 6) is 1.04. The van der Waals surface area contributed by atoms with Crippen molar-refractivity contribution in [3.8, 4) is 0 Å². The van der Waals surface area contributed by atoms with Gasteiger partial charge in [0.1, 0.15) is 11.9 Å². The Morgan fingerprint density at radius 1 is 1.19 bits per heavy atom. The Bertz CT molecular complexity index is 984. The number of fused-ring (bicyclic) bond motifs is 1. The molecule has 1 aliphatic rings. The van der Waals surface area contributed by atoms with Gasteiger partial charge in [0.05, 0.1) is 0 Å². The Hall–Kier alpha value is -2.51. The van der Waals surface area contributed by atoms with Gasteiger partial charge < -0.3 is 10.4 Å². The van der Waals surface area contributed by atoms with Crippen molar-refractivity contribution in [2.75, 3.05) is 11.9 Å². The van der Waals surface area contributed by atoms with E-state index in [-0.39, 0.29) is 18.5 Å². The van der Waals surface area contributed by atoms with Gasteiger partial charge >= 0.3 is 0 Å². The van der Waals surface area contributed by atoms with Crippen LogP contribution < -0.4 is 5.32 Å². The van der Waals surface area contributed by atoms with E-state index in [0.717, 1.165) is 21.3 Å². The van der Waals surface area contributed by atoms with Gasteiger partial charge in [0, 0.05) is 23.2 Å². The van der Waals surface area contributed by atoms with Gasteiger partial charge in [0.15, 0.2) is 5.82 Å². The SMILES string of the molecule is OCCCc1nc2n(n1)C(c1cccc(Br)c1)C=C(c1ccc(F)cc1)N2. The van der Waals surface area contributed by atoms with Gasteiger partial charge in [0.25, 0.3) is 0 Å². The Labute approximate surface area is 164 Å². The number of hydrogen-bond donors (Lipinski definition) is 2. The van der Waals surface area contributed by atoms with Crippen molar-refractivity contribution in [2.45, 2.75) is 18.9 Å². The van der Waals surface area contributed by atoms with E-state index in [0.29, 0.717) is 24.6 Å². The van der Waals surface area contributed by atoms with Gasteiger partial charge in [-0.15, -0.1) is 0 Å². The first-order valence-corrected chi connectivity index (χ1v) is 9.50. The summed E-state index contributed by atoms with van der Waals surface area (Å²) in [5, 5.41) is 17.0. The lowest BCUT2D eigenvalue weighted by Crippen LogP contribution is -2.20. The molecule has 0 saturated heterocycles. The van der Waals surface area contributed by atoms with Crippen molar-refractivity contribution in [3.63, 3.8) is 0 Å². The lowest BCUT2D eigenvalue weighted by Gasteiger charge is -2.24. The summed E-state index contributed by atoms with van der Waals surface area (Å²) in [5.41, 5.74) is 2.79. The van der Waals surface area contributed by atoms with E-state index in [9.17, 15) is 4.39 Å². The highest BCUT2D eigenvalue weighted by molar-refractivity contribution is 9.10. The second-order valence-corrected chi connectivity index (χ2v) is 7.25. The van der Waals surface area contributed by atoms with Crippen molar-refractivity contribution in [1.29, 1.82) is 0 Å². The molecule has 1 aromatic heterocycles. The number of hydrogen-bond acceptors (Lipinski definition) is 4. The lowest BCUT2D eigenvalue weighted by molar-refractivity contribution is 0.287. The fourth-order valence-corrected chi connectivity index (χ4v) is 3.52. The van der Waals surface area contributed by atoms with Crippen molar-refractivity contribution < 1.29 is 9.50 Å².